The molecule has 170 valence electrons. The topological polar surface area (TPSA) is 75.7 Å². The Morgan fingerprint density at radius 3 is 2.35 bits per heavy atom. The molecule has 0 radical (unpaired) electrons. The fourth-order valence-corrected chi connectivity index (χ4v) is 4.51. The van der Waals surface area contributed by atoms with Gasteiger partial charge in [0.25, 0.3) is 5.91 Å². The predicted molar refractivity (Wildman–Crippen MR) is 130 cm³/mol. The van der Waals surface area contributed by atoms with Gasteiger partial charge in [-0.25, -0.2) is 0 Å². The van der Waals surface area contributed by atoms with Crippen LogP contribution in [0.25, 0.3) is 0 Å². The van der Waals surface area contributed by atoms with Gasteiger partial charge in [-0.2, -0.15) is 0 Å². The van der Waals surface area contributed by atoms with Gasteiger partial charge in [-0.1, -0.05) is 35.9 Å². The Hall–Kier alpha value is -4.19. The molecule has 1 saturated heterocycles. The van der Waals surface area contributed by atoms with E-state index in [4.69, 9.17) is 4.74 Å². The monoisotopic (exact) mass is 452 g/mol. The molecule has 0 spiro atoms. The highest BCUT2D eigenvalue weighted by Crippen LogP contribution is 2.39. The number of benzene rings is 3. The number of hydrogen-bond acceptors (Lipinski definition) is 4. The number of amides is 3. The summed E-state index contributed by atoms with van der Waals surface area (Å²) in [6.07, 6.45) is 3.23. The highest BCUT2D eigenvalue weighted by Gasteiger charge is 2.48. The third-order valence-electron chi connectivity index (χ3n) is 6.28. The number of fused-ring (bicyclic) bond motifs is 1. The zero-order chi connectivity index (χ0) is 23.7. The average Bonchev–Trinajstić information content (AvgIpc) is 3.10. The predicted octanol–water partition coefficient (Wildman–Crippen LogP) is 5.58. The molecule has 6 heteroatoms. The normalized spacial score (nSPS) is 19.4. The molecule has 0 bridgehead atoms. The van der Waals surface area contributed by atoms with Gasteiger partial charge in [0.2, 0.25) is 11.8 Å². The third-order valence-corrected chi connectivity index (χ3v) is 6.28. The lowest BCUT2D eigenvalue weighted by Gasteiger charge is -2.18. The summed E-state index contributed by atoms with van der Waals surface area (Å²) in [6, 6.07) is 23.1. The van der Waals surface area contributed by atoms with E-state index < -0.39 is 0 Å². The van der Waals surface area contributed by atoms with Gasteiger partial charge in [-0.05, 0) is 74.4 Å². The molecule has 1 N–H and O–H groups in total. The minimum Gasteiger partial charge on any atom is -0.457 e. The van der Waals surface area contributed by atoms with Crippen LogP contribution in [0.1, 0.15) is 30.1 Å². The van der Waals surface area contributed by atoms with Crippen molar-refractivity contribution in [3.63, 3.8) is 0 Å². The number of para-hydroxylation sites is 1. The highest BCUT2D eigenvalue weighted by atomic mass is 16.5. The van der Waals surface area contributed by atoms with Gasteiger partial charge in [-0.15, -0.1) is 0 Å². The molecular formula is C28H24N2O4. The van der Waals surface area contributed by atoms with Gasteiger partial charge in [0.1, 0.15) is 11.5 Å². The maximum Gasteiger partial charge on any atom is 0.255 e. The summed E-state index contributed by atoms with van der Waals surface area (Å²) in [7, 11) is 0. The van der Waals surface area contributed by atoms with Crippen LogP contribution in [0.2, 0.25) is 0 Å². The molecule has 34 heavy (non-hydrogen) atoms. The first-order valence-corrected chi connectivity index (χ1v) is 11.3. The molecule has 2 aliphatic rings. The molecule has 3 aromatic rings. The first-order valence-electron chi connectivity index (χ1n) is 11.3. The molecule has 1 aliphatic carbocycles. The summed E-state index contributed by atoms with van der Waals surface area (Å²) >= 11 is 0. The van der Waals surface area contributed by atoms with E-state index in [0.717, 1.165) is 11.3 Å². The summed E-state index contributed by atoms with van der Waals surface area (Å²) in [5, 5.41) is 2.85. The molecule has 1 aliphatic heterocycles. The van der Waals surface area contributed by atoms with Crippen LogP contribution in [0.4, 0.5) is 11.4 Å². The van der Waals surface area contributed by atoms with Crippen LogP contribution in [0, 0.1) is 11.8 Å². The van der Waals surface area contributed by atoms with E-state index in [1.807, 2.05) is 43.3 Å². The number of nitrogens with one attached hydrogen (secondary N) is 1. The molecule has 0 unspecified atom stereocenters. The van der Waals surface area contributed by atoms with Gasteiger partial charge in [0.05, 0.1) is 17.5 Å². The molecule has 3 amide bonds. The van der Waals surface area contributed by atoms with Gasteiger partial charge in [-0.3, -0.25) is 19.3 Å². The third kappa shape index (κ3) is 4.22. The van der Waals surface area contributed by atoms with Crippen molar-refractivity contribution in [2.45, 2.75) is 19.8 Å². The summed E-state index contributed by atoms with van der Waals surface area (Å²) in [5.74, 6) is 0.0557. The standard InChI is InChI=1S/C28H24N2O4/c1-18-10-15-24-25(16-18)28(33)30(27(24)32)21-7-5-6-19(17-21)26(31)29-20-11-13-23(14-12-20)34-22-8-3-2-4-9-22/h2-14,17,24-25H,15-16H2,1H3,(H,29,31)/t24-,25-/m0/s1. The summed E-state index contributed by atoms with van der Waals surface area (Å²) in [5.41, 5.74) is 2.54. The Bertz CT molecular complexity index is 1280. The molecule has 1 heterocycles. The Morgan fingerprint density at radius 2 is 1.59 bits per heavy atom. The maximum atomic E-state index is 13.0. The van der Waals surface area contributed by atoms with Crippen molar-refractivity contribution >= 4 is 29.1 Å². The van der Waals surface area contributed by atoms with E-state index in [-0.39, 0.29) is 29.6 Å². The van der Waals surface area contributed by atoms with E-state index in [9.17, 15) is 14.4 Å². The SMILES string of the molecule is CC1=CC[C@@H]2C(=O)N(c3cccc(C(=O)Nc4ccc(Oc5ccccc5)cc4)c3)C(=O)[C@H]2C1. The number of nitrogens with zero attached hydrogens (tertiary/aromatic N) is 1. The van der Waals surface area contributed by atoms with E-state index in [2.05, 4.69) is 5.32 Å². The second-order valence-corrected chi connectivity index (χ2v) is 8.66. The van der Waals surface area contributed by atoms with Crippen molar-refractivity contribution in [3.8, 4) is 11.5 Å². The van der Waals surface area contributed by atoms with E-state index in [0.29, 0.717) is 35.5 Å². The smallest absolute Gasteiger partial charge is 0.255 e. The second-order valence-electron chi connectivity index (χ2n) is 8.66. The second kappa shape index (κ2) is 8.98. The number of ether oxygens (including phenoxy) is 1. The molecule has 0 aromatic heterocycles. The van der Waals surface area contributed by atoms with E-state index in [1.54, 1.807) is 48.5 Å². The van der Waals surface area contributed by atoms with Crippen LogP contribution < -0.4 is 15.0 Å². The molecule has 2 atom stereocenters. The van der Waals surface area contributed by atoms with Crippen LogP contribution in [0.3, 0.4) is 0 Å². The minimum atomic E-state index is -0.326. The van der Waals surface area contributed by atoms with Gasteiger partial charge >= 0.3 is 0 Å². The Kier molecular flexibility index (Phi) is 5.72. The Balaban J connectivity index is 1.29. The lowest BCUT2D eigenvalue weighted by Crippen LogP contribution is -2.31. The summed E-state index contributed by atoms with van der Waals surface area (Å²) in [4.78, 5) is 40.1. The number of hydrogen-bond donors (Lipinski definition) is 1. The number of allylic oxidation sites excluding steroid dienone is 2. The lowest BCUT2D eigenvalue weighted by molar-refractivity contribution is -0.122. The number of carbonyl (C=O) groups is 3. The van der Waals surface area contributed by atoms with Crippen LogP contribution in [-0.2, 0) is 9.59 Å². The fraction of sp³-hybridized carbons (Fsp3) is 0.179. The van der Waals surface area contributed by atoms with E-state index in [1.165, 1.54) is 4.90 Å². The van der Waals surface area contributed by atoms with Crippen molar-refractivity contribution in [3.05, 3.63) is 96.1 Å². The van der Waals surface area contributed by atoms with Crippen molar-refractivity contribution in [1.82, 2.24) is 0 Å². The Morgan fingerprint density at radius 1 is 0.882 bits per heavy atom. The molecule has 0 saturated carbocycles. The Labute approximate surface area is 197 Å². The van der Waals surface area contributed by atoms with Gasteiger partial charge in [0.15, 0.2) is 0 Å². The number of rotatable bonds is 5. The number of anilines is 2. The van der Waals surface area contributed by atoms with Crippen LogP contribution in [0.15, 0.2) is 90.5 Å². The number of imide groups is 1. The van der Waals surface area contributed by atoms with Crippen LogP contribution in [-0.4, -0.2) is 17.7 Å². The van der Waals surface area contributed by atoms with Crippen molar-refractivity contribution in [1.29, 1.82) is 0 Å². The molecule has 3 aromatic carbocycles. The van der Waals surface area contributed by atoms with Crippen LogP contribution in [0.5, 0.6) is 11.5 Å². The van der Waals surface area contributed by atoms with E-state index >= 15 is 0 Å². The largest absolute Gasteiger partial charge is 0.457 e. The molecule has 5 rings (SSSR count). The van der Waals surface area contributed by atoms with Crippen molar-refractivity contribution < 1.29 is 19.1 Å². The lowest BCUT2D eigenvalue weighted by atomic mass is 9.82. The highest BCUT2D eigenvalue weighted by molar-refractivity contribution is 6.22. The minimum absolute atomic E-state index is 0.186. The maximum absolute atomic E-state index is 13.0. The van der Waals surface area contributed by atoms with Gasteiger partial charge < -0.3 is 10.1 Å². The zero-order valence-corrected chi connectivity index (χ0v) is 18.7. The van der Waals surface area contributed by atoms with Crippen LogP contribution >= 0.6 is 0 Å². The molecule has 1 fully saturated rings. The number of carbonyl (C=O) groups excluding carboxylic acids is 3. The summed E-state index contributed by atoms with van der Waals surface area (Å²) < 4.78 is 5.78. The molecular weight excluding hydrogens is 428 g/mol. The average molecular weight is 453 g/mol. The fourth-order valence-electron chi connectivity index (χ4n) is 4.51. The van der Waals surface area contributed by atoms with Crippen molar-refractivity contribution in [2.75, 3.05) is 10.2 Å². The first kappa shape index (κ1) is 21.6. The first-order chi connectivity index (χ1) is 16.5. The zero-order valence-electron chi connectivity index (χ0n) is 18.7. The summed E-state index contributed by atoms with van der Waals surface area (Å²) in [6.45, 7) is 1.99. The van der Waals surface area contributed by atoms with Gasteiger partial charge in [0, 0.05) is 11.3 Å². The quantitative estimate of drug-likeness (QED) is 0.405. The van der Waals surface area contributed by atoms with Crippen molar-refractivity contribution in [2.24, 2.45) is 11.8 Å². The molecule has 6 nitrogen and oxygen atoms in total.